The van der Waals surface area contributed by atoms with Gasteiger partial charge in [-0.15, -0.1) is 11.8 Å². The molecule has 2 N–H and O–H groups in total. The highest BCUT2D eigenvalue weighted by Crippen LogP contribution is 2.60. The Morgan fingerprint density at radius 2 is 1.79 bits per heavy atom. The van der Waals surface area contributed by atoms with Gasteiger partial charge in [-0.05, 0) is 42.8 Å². The smallest absolute Gasteiger partial charge is 0.399 e. The van der Waals surface area contributed by atoms with Gasteiger partial charge in [0.25, 0.3) is 0 Å². The van der Waals surface area contributed by atoms with Crippen LogP contribution in [0.3, 0.4) is 0 Å². The number of carbonyl (C=O) groups is 1. The van der Waals surface area contributed by atoms with E-state index < -0.39 is 18.8 Å². The van der Waals surface area contributed by atoms with E-state index in [-0.39, 0.29) is 22.8 Å². The highest BCUT2D eigenvalue weighted by Gasteiger charge is 2.51. The third-order valence-electron chi connectivity index (χ3n) is 5.44. The normalized spacial score (nSPS) is 11.9. The van der Waals surface area contributed by atoms with Gasteiger partial charge in [0, 0.05) is 26.2 Å². The topological polar surface area (TPSA) is 104 Å². The van der Waals surface area contributed by atoms with Gasteiger partial charge in [-0.2, -0.15) is 8.78 Å². The number of hydrogen-bond donors (Lipinski definition) is 2. The molecule has 4 aromatic rings. The first-order valence-corrected chi connectivity index (χ1v) is 14.6. The number of alkyl halides is 2. The molecule has 0 aliphatic heterocycles. The Bertz CT molecular complexity index is 1480. The molecule has 0 aliphatic rings. The van der Waals surface area contributed by atoms with Crippen molar-refractivity contribution in [3.8, 4) is 11.3 Å². The lowest BCUT2D eigenvalue weighted by Gasteiger charge is -2.23. The minimum atomic E-state index is -5.71. The molecule has 0 saturated carbocycles. The SMILES string of the molecule is CC(=O)CSc1ccc(-c2cnc(N(Cc3ccc(C(F)(F)P(=O)(O)O)c(Br)c3)c3ccccc3)o2)cc1. The summed E-state index contributed by atoms with van der Waals surface area (Å²) in [5.74, 6) is 1.00. The molecule has 198 valence electrons. The Kier molecular flexibility index (Phi) is 8.54. The van der Waals surface area contributed by atoms with E-state index in [0.29, 0.717) is 17.1 Å². The van der Waals surface area contributed by atoms with E-state index in [1.807, 2.05) is 54.6 Å². The number of rotatable bonds is 10. The second kappa shape index (κ2) is 11.5. The van der Waals surface area contributed by atoms with Crippen molar-refractivity contribution < 1.29 is 32.3 Å². The van der Waals surface area contributed by atoms with Gasteiger partial charge in [0.15, 0.2) is 5.76 Å². The van der Waals surface area contributed by atoms with Crippen LogP contribution >= 0.6 is 35.3 Å². The van der Waals surface area contributed by atoms with Gasteiger partial charge in [0.1, 0.15) is 5.78 Å². The maximum absolute atomic E-state index is 14.3. The van der Waals surface area contributed by atoms with Crippen molar-refractivity contribution >= 4 is 52.8 Å². The van der Waals surface area contributed by atoms with E-state index in [1.54, 1.807) is 18.0 Å². The van der Waals surface area contributed by atoms with E-state index in [1.165, 1.54) is 23.9 Å². The lowest BCUT2D eigenvalue weighted by Crippen LogP contribution is -2.18. The molecule has 12 heteroatoms. The Balaban J connectivity index is 1.62. The fraction of sp³-hybridized carbons (Fsp3) is 0.154. The minimum Gasteiger partial charge on any atom is -0.423 e. The quantitative estimate of drug-likeness (QED) is 0.140. The van der Waals surface area contributed by atoms with Gasteiger partial charge in [0.05, 0.1) is 18.5 Å². The largest absolute Gasteiger partial charge is 0.423 e. The zero-order valence-corrected chi connectivity index (χ0v) is 23.2. The zero-order valence-electron chi connectivity index (χ0n) is 19.9. The third-order valence-corrected chi connectivity index (χ3v) is 8.22. The molecule has 0 amide bonds. The van der Waals surface area contributed by atoms with Crippen LogP contribution in [0.2, 0.25) is 0 Å². The standard InChI is InChI=1S/C26H22BrF2N2O5PS/c1-17(32)16-38-21-10-8-19(9-11-21)24-14-30-25(36-24)31(20-5-3-2-4-6-20)15-18-7-12-22(23(27)13-18)26(28,29)37(33,34)35/h2-14H,15-16H2,1H3,(H2,33,34,35). The molecule has 0 radical (unpaired) electrons. The number of aromatic nitrogens is 1. The van der Waals surface area contributed by atoms with Gasteiger partial charge >= 0.3 is 19.3 Å². The summed E-state index contributed by atoms with van der Waals surface area (Å²) in [6.45, 7) is 1.71. The number of para-hydroxylation sites is 1. The fourth-order valence-electron chi connectivity index (χ4n) is 3.54. The fourth-order valence-corrected chi connectivity index (χ4v) is 5.58. The van der Waals surface area contributed by atoms with Crippen molar-refractivity contribution in [1.29, 1.82) is 0 Å². The first kappa shape index (κ1) is 28.2. The predicted molar refractivity (Wildman–Crippen MR) is 146 cm³/mol. The molecule has 0 fully saturated rings. The Labute approximate surface area is 230 Å². The monoisotopic (exact) mass is 622 g/mol. The van der Waals surface area contributed by atoms with Gasteiger partial charge in [0.2, 0.25) is 0 Å². The number of thioether (sulfide) groups is 1. The van der Waals surface area contributed by atoms with Crippen molar-refractivity contribution in [2.45, 2.75) is 24.0 Å². The molecule has 4 rings (SSSR count). The number of carbonyl (C=O) groups excluding carboxylic acids is 1. The van der Waals surface area contributed by atoms with Crippen LogP contribution in [-0.2, 0) is 21.6 Å². The molecule has 0 aliphatic carbocycles. The first-order valence-electron chi connectivity index (χ1n) is 11.2. The third kappa shape index (κ3) is 6.42. The van der Waals surface area contributed by atoms with Gasteiger partial charge in [-0.3, -0.25) is 14.3 Å². The Hall–Kier alpha value is -2.82. The summed E-state index contributed by atoms with van der Waals surface area (Å²) in [5, 5.41) is 0. The van der Waals surface area contributed by atoms with Crippen LogP contribution in [0.5, 0.6) is 0 Å². The van der Waals surface area contributed by atoms with Crippen LogP contribution in [0.1, 0.15) is 18.1 Å². The number of Topliss-reactive ketones (excluding diaryl/α,β-unsaturated/α-hetero) is 1. The van der Waals surface area contributed by atoms with E-state index in [2.05, 4.69) is 20.9 Å². The average molecular weight is 623 g/mol. The van der Waals surface area contributed by atoms with E-state index in [0.717, 1.165) is 22.2 Å². The van der Waals surface area contributed by atoms with Gasteiger partial charge in [-0.25, -0.2) is 4.98 Å². The summed E-state index contributed by atoms with van der Waals surface area (Å²) in [6.07, 6.45) is 1.59. The van der Waals surface area contributed by atoms with Crippen molar-refractivity contribution in [3.63, 3.8) is 0 Å². The summed E-state index contributed by atoms with van der Waals surface area (Å²) in [4.78, 5) is 36.5. The van der Waals surface area contributed by atoms with Crippen molar-refractivity contribution in [3.05, 3.63) is 94.6 Å². The lowest BCUT2D eigenvalue weighted by atomic mass is 10.1. The molecule has 38 heavy (non-hydrogen) atoms. The highest BCUT2D eigenvalue weighted by atomic mass is 79.9. The molecule has 0 unspecified atom stereocenters. The summed E-state index contributed by atoms with van der Waals surface area (Å²) in [6, 6.07) is 20.8. The molecule has 0 spiro atoms. The highest BCUT2D eigenvalue weighted by molar-refractivity contribution is 9.10. The molecule has 7 nitrogen and oxygen atoms in total. The number of oxazole rings is 1. The average Bonchev–Trinajstić information content (AvgIpc) is 3.36. The maximum Gasteiger partial charge on any atom is 0.399 e. The summed E-state index contributed by atoms with van der Waals surface area (Å²) < 4.78 is 45.8. The maximum atomic E-state index is 14.3. The van der Waals surface area contributed by atoms with Crippen LogP contribution in [0.15, 0.2) is 92.8 Å². The van der Waals surface area contributed by atoms with Crippen LogP contribution in [-0.4, -0.2) is 26.3 Å². The molecule has 3 aromatic carbocycles. The Morgan fingerprint density at radius 3 is 2.39 bits per heavy atom. The summed E-state index contributed by atoms with van der Waals surface area (Å²) >= 11 is 4.48. The van der Waals surface area contributed by atoms with Gasteiger partial charge < -0.3 is 14.2 Å². The molecule has 0 saturated heterocycles. The van der Waals surface area contributed by atoms with E-state index in [4.69, 9.17) is 14.2 Å². The van der Waals surface area contributed by atoms with Crippen molar-refractivity contribution in [2.75, 3.05) is 10.7 Å². The number of ketones is 1. The molecule has 0 atom stereocenters. The molecular weight excluding hydrogens is 601 g/mol. The van der Waals surface area contributed by atoms with E-state index in [9.17, 15) is 18.1 Å². The molecule has 1 heterocycles. The number of hydrogen-bond acceptors (Lipinski definition) is 6. The molecule has 1 aromatic heterocycles. The number of anilines is 2. The molecule has 0 bridgehead atoms. The number of halogens is 3. The van der Waals surface area contributed by atoms with Crippen LogP contribution < -0.4 is 4.90 Å². The van der Waals surface area contributed by atoms with Crippen LogP contribution in [0.4, 0.5) is 20.5 Å². The van der Waals surface area contributed by atoms with Crippen molar-refractivity contribution in [1.82, 2.24) is 4.98 Å². The summed E-state index contributed by atoms with van der Waals surface area (Å²) in [5.41, 5.74) is -3.05. The van der Waals surface area contributed by atoms with E-state index >= 15 is 0 Å². The zero-order chi connectivity index (χ0) is 27.5. The first-order chi connectivity index (χ1) is 18.0. The second-order valence-corrected chi connectivity index (χ2v) is 11.9. The second-order valence-electron chi connectivity index (χ2n) is 8.34. The lowest BCUT2D eigenvalue weighted by molar-refractivity contribution is -0.114. The van der Waals surface area contributed by atoms with Gasteiger partial charge in [-0.1, -0.05) is 58.4 Å². The number of nitrogens with zero attached hydrogens (tertiary/aromatic N) is 2. The van der Waals surface area contributed by atoms with Crippen molar-refractivity contribution in [2.24, 2.45) is 0 Å². The van der Waals surface area contributed by atoms with Crippen LogP contribution in [0, 0.1) is 0 Å². The predicted octanol–water partition coefficient (Wildman–Crippen LogP) is 7.35. The summed E-state index contributed by atoms with van der Waals surface area (Å²) in [7, 11) is -5.71. The van der Waals surface area contributed by atoms with Crippen LogP contribution in [0.25, 0.3) is 11.3 Å². The minimum absolute atomic E-state index is 0.0946. The Morgan fingerprint density at radius 1 is 1.11 bits per heavy atom. The molecular formula is C26H22BrF2N2O5PS. The number of benzene rings is 3.